The Labute approximate surface area is 265 Å². The summed E-state index contributed by atoms with van der Waals surface area (Å²) in [6, 6.07) is 22.3. The van der Waals surface area contributed by atoms with Crippen molar-refractivity contribution in [2.75, 3.05) is 66.3 Å². The van der Waals surface area contributed by atoms with Crippen molar-refractivity contribution in [1.82, 2.24) is 14.5 Å². The van der Waals surface area contributed by atoms with Crippen molar-refractivity contribution in [3.63, 3.8) is 0 Å². The smallest absolute Gasteiger partial charge is 0.329 e. The Balaban J connectivity index is 1.23. The van der Waals surface area contributed by atoms with Crippen LogP contribution in [0, 0.1) is 6.92 Å². The van der Waals surface area contributed by atoms with Gasteiger partial charge in [-0.1, -0.05) is 45.0 Å². The second kappa shape index (κ2) is 12.0. The average Bonchev–Trinajstić information content (AvgIpc) is 3.40. The molecule has 0 aliphatic carbocycles. The van der Waals surface area contributed by atoms with Gasteiger partial charge in [0.25, 0.3) is 5.56 Å². The van der Waals surface area contributed by atoms with Crippen molar-refractivity contribution >= 4 is 34.6 Å². The van der Waals surface area contributed by atoms with Gasteiger partial charge in [0.2, 0.25) is 0 Å². The Morgan fingerprint density at radius 3 is 2.07 bits per heavy atom. The van der Waals surface area contributed by atoms with E-state index >= 15 is 0 Å². The molecule has 2 aliphatic rings. The quantitative estimate of drug-likeness (QED) is 0.291. The third kappa shape index (κ3) is 6.17. The molecule has 234 valence electrons. The van der Waals surface area contributed by atoms with E-state index in [1.807, 2.05) is 59.2 Å². The second-order valence-electron chi connectivity index (χ2n) is 13.2. The minimum absolute atomic E-state index is 0.0467. The molecule has 9 nitrogen and oxygen atoms in total. The van der Waals surface area contributed by atoms with Crippen LogP contribution in [0.2, 0.25) is 0 Å². The first-order chi connectivity index (χ1) is 21.5. The highest BCUT2D eigenvalue weighted by molar-refractivity contribution is 6.07. The highest BCUT2D eigenvalue weighted by atomic mass is 16.2. The van der Waals surface area contributed by atoms with Gasteiger partial charge in [0.05, 0.1) is 5.69 Å². The zero-order chi connectivity index (χ0) is 31.9. The molecule has 0 saturated carbocycles. The van der Waals surface area contributed by atoms with E-state index in [9.17, 15) is 9.59 Å². The van der Waals surface area contributed by atoms with Crippen LogP contribution in [0.4, 0.5) is 33.4 Å². The van der Waals surface area contributed by atoms with E-state index in [0.29, 0.717) is 18.8 Å². The van der Waals surface area contributed by atoms with Crippen LogP contribution in [-0.2, 0) is 12.5 Å². The summed E-state index contributed by atoms with van der Waals surface area (Å²) < 4.78 is 1.55. The van der Waals surface area contributed by atoms with Crippen molar-refractivity contribution in [3.8, 4) is 11.3 Å². The van der Waals surface area contributed by atoms with E-state index in [0.717, 1.165) is 54.4 Å². The van der Waals surface area contributed by atoms with Gasteiger partial charge in [-0.05, 0) is 73.0 Å². The SMILES string of the molecule is Cc1c(-c2cn(C)c(=O)c(Nc3ccc(N4CCN(C)CC4)cc3)n2)cccc1N1CCN(c2ccc(C(C)(C)C)cc2)C1=O. The number of urea groups is 1. The molecule has 1 N–H and O–H groups in total. The number of rotatable bonds is 6. The molecule has 0 spiro atoms. The third-order valence-corrected chi connectivity index (χ3v) is 9.00. The molecule has 0 radical (unpaired) electrons. The monoisotopic (exact) mass is 605 g/mol. The number of aryl methyl sites for hydroxylation is 1. The van der Waals surface area contributed by atoms with Crippen LogP contribution in [0.15, 0.2) is 77.7 Å². The largest absolute Gasteiger partial charge is 0.369 e. The number of nitrogens with one attached hydrogen (secondary N) is 1. The van der Waals surface area contributed by atoms with Gasteiger partial charge in [-0.25, -0.2) is 9.78 Å². The molecule has 0 unspecified atom stereocenters. The highest BCUT2D eigenvalue weighted by Crippen LogP contribution is 2.34. The summed E-state index contributed by atoms with van der Waals surface area (Å²) in [6.07, 6.45) is 1.75. The standard InChI is InChI=1S/C36H43N7O2/c1-25-30(8-7-9-32(25)43-23-22-42(35(43)45)29-14-10-26(11-15-29)36(2,3)4)31-24-40(6)34(44)33(38-31)37-27-12-16-28(17-13-27)41-20-18-39(5)19-21-41/h7-17,24H,18-23H2,1-6H3,(H,37,38). The lowest BCUT2D eigenvalue weighted by Crippen LogP contribution is -2.44. The first-order valence-corrected chi connectivity index (χ1v) is 15.7. The first kappa shape index (κ1) is 30.4. The van der Waals surface area contributed by atoms with Crippen molar-refractivity contribution in [2.45, 2.75) is 33.1 Å². The van der Waals surface area contributed by atoms with E-state index in [2.05, 4.69) is 67.2 Å². The maximum Gasteiger partial charge on any atom is 0.329 e. The summed E-state index contributed by atoms with van der Waals surface area (Å²) in [5.41, 5.74) is 7.27. The number of piperazine rings is 1. The van der Waals surface area contributed by atoms with Crippen LogP contribution in [-0.4, -0.2) is 66.8 Å². The van der Waals surface area contributed by atoms with Gasteiger partial charge in [-0.3, -0.25) is 14.6 Å². The van der Waals surface area contributed by atoms with Gasteiger partial charge in [0.15, 0.2) is 5.82 Å². The molecule has 3 aromatic carbocycles. The third-order valence-electron chi connectivity index (χ3n) is 9.00. The lowest BCUT2D eigenvalue weighted by molar-refractivity contribution is 0.256. The number of nitrogens with zero attached hydrogens (tertiary/aromatic N) is 6. The summed E-state index contributed by atoms with van der Waals surface area (Å²) in [5.74, 6) is 0.259. The molecule has 2 aliphatic heterocycles. The topological polar surface area (TPSA) is 77.0 Å². The number of aromatic nitrogens is 2. The molecule has 2 fully saturated rings. The van der Waals surface area contributed by atoms with Crippen LogP contribution in [0.3, 0.4) is 0 Å². The number of hydrogen-bond donors (Lipinski definition) is 1. The number of carbonyl (C=O) groups excluding carboxylic acids is 1. The van der Waals surface area contributed by atoms with Crippen molar-refractivity contribution in [3.05, 3.63) is 94.4 Å². The maximum absolute atomic E-state index is 13.7. The summed E-state index contributed by atoms with van der Waals surface area (Å²) in [5, 5.41) is 3.25. The fourth-order valence-corrected chi connectivity index (χ4v) is 6.11. The van der Waals surface area contributed by atoms with Crippen molar-refractivity contribution in [2.24, 2.45) is 7.05 Å². The van der Waals surface area contributed by atoms with E-state index < -0.39 is 0 Å². The molecule has 45 heavy (non-hydrogen) atoms. The number of hydrogen-bond acceptors (Lipinski definition) is 6. The summed E-state index contributed by atoms with van der Waals surface area (Å²) in [4.78, 5) is 39.9. The van der Waals surface area contributed by atoms with E-state index in [-0.39, 0.29) is 22.8 Å². The Morgan fingerprint density at radius 1 is 0.756 bits per heavy atom. The maximum atomic E-state index is 13.7. The van der Waals surface area contributed by atoms with E-state index in [1.165, 1.54) is 11.3 Å². The fourth-order valence-electron chi connectivity index (χ4n) is 6.11. The van der Waals surface area contributed by atoms with Crippen LogP contribution < -0.4 is 25.6 Å². The van der Waals surface area contributed by atoms with Gasteiger partial charge >= 0.3 is 6.03 Å². The molecule has 6 rings (SSSR count). The molecule has 3 heterocycles. The fraction of sp³-hybridized carbons (Fsp3) is 0.361. The summed E-state index contributed by atoms with van der Waals surface area (Å²) in [7, 11) is 3.89. The Bertz CT molecular complexity index is 1750. The first-order valence-electron chi connectivity index (χ1n) is 15.7. The molecule has 1 aromatic heterocycles. The zero-order valence-electron chi connectivity index (χ0n) is 27.2. The lowest BCUT2D eigenvalue weighted by Gasteiger charge is -2.34. The Hall–Kier alpha value is -4.63. The summed E-state index contributed by atoms with van der Waals surface area (Å²) in [6.45, 7) is 13.8. The van der Waals surface area contributed by atoms with Crippen LogP contribution in [0.25, 0.3) is 11.3 Å². The molecular weight excluding hydrogens is 562 g/mol. The van der Waals surface area contributed by atoms with Crippen molar-refractivity contribution < 1.29 is 4.79 Å². The van der Waals surface area contributed by atoms with Gasteiger partial charge in [0, 0.05) is 80.8 Å². The predicted octanol–water partition coefficient (Wildman–Crippen LogP) is 6.00. The molecule has 2 amide bonds. The number of amides is 2. The predicted molar refractivity (Wildman–Crippen MR) is 184 cm³/mol. The van der Waals surface area contributed by atoms with Gasteiger partial charge < -0.3 is 19.7 Å². The minimum Gasteiger partial charge on any atom is -0.369 e. The van der Waals surface area contributed by atoms with Crippen LogP contribution >= 0.6 is 0 Å². The van der Waals surface area contributed by atoms with Gasteiger partial charge in [-0.2, -0.15) is 0 Å². The molecule has 4 aromatic rings. The number of likely N-dealkylation sites (N-methyl/N-ethyl adjacent to an activating group) is 1. The molecule has 9 heteroatoms. The van der Waals surface area contributed by atoms with Crippen LogP contribution in [0.1, 0.15) is 31.9 Å². The number of carbonyl (C=O) groups is 1. The van der Waals surface area contributed by atoms with Crippen molar-refractivity contribution in [1.29, 1.82) is 0 Å². The lowest BCUT2D eigenvalue weighted by atomic mass is 9.87. The molecular formula is C36H43N7O2. The minimum atomic E-state index is -0.210. The molecule has 0 atom stereocenters. The molecule has 2 saturated heterocycles. The van der Waals surface area contributed by atoms with E-state index in [4.69, 9.17) is 4.98 Å². The number of benzene rings is 3. The Kier molecular flexibility index (Phi) is 8.14. The molecule has 0 bridgehead atoms. The van der Waals surface area contributed by atoms with Gasteiger partial charge in [-0.15, -0.1) is 0 Å². The van der Waals surface area contributed by atoms with E-state index in [1.54, 1.807) is 17.8 Å². The normalized spacial score (nSPS) is 16.0. The Morgan fingerprint density at radius 2 is 1.40 bits per heavy atom. The highest BCUT2D eigenvalue weighted by Gasteiger charge is 2.32. The average molecular weight is 606 g/mol. The zero-order valence-corrected chi connectivity index (χ0v) is 27.2. The van der Waals surface area contributed by atoms with Gasteiger partial charge in [0.1, 0.15) is 0 Å². The summed E-state index contributed by atoms with van der Waals surface area (Å²) >= 11 is 0. The second-order valence-corrected chi connectivity index (χ2v) is 13.2. The number of anilines is 5. The van der Waals surface area contributed by atoms with Crippen LogP contribution in [0.5, 0.6) is 0 Å².